The zero-order chi connectivity index (χ0) is 8.27. The third-order valence-corrected chi connectivity index (χ3v) is 1.88. The van der Waals surface area contributed by atoms with E-state index in [1.807, 2.05) is 13.0 Å². The molecule has 0 saturated heterocycles. The second kappa shape index (κ2) is 3.39. The quantitative estimate of drug-likeness (QED) is 0.478. The topological polar surface area (TPSA) is 29.3 Å². The van der Waals surface area contributed by atoms with E-state index in [2.05, 4.69) is 18.7 Å². The number of nitrogens with two attached hydrogens (primary N) is 1. The first-order chi connectivity index (χ1) is 5.25. The van der Waals surface area contributed by atoms with E-state index in [1.165, 1.54) is 5.57 Å². The summed E-state index contributed by atoms with van der Waals surface area (Å²) in [5.41, 5.74) is 2.40. The van der Waals surface area contributed by atoms with Crippen molar-refractivity contribution in [3.05, 3.63) is 36.1 Å². The summed E-state index contributed by atoms with van der Waals surface area (Å²) in [6.07, 6.45) is 6.96. The van der Waals surface area contributed by atoms with Crippen LogP contribution < -0.4 is 5.84 Å². The minimum atomic E-state index is 0.812. The van der Waals surface area contributed by atoms with Crippen LogP contribution >= 0.6 is 0 Å². The molecule has 0 aromatic heterocycles. The van der Waals surface area contributed by atoms with Gasteiger partial charge in [-0.05, 0) is 18.9 Å². The van der Waals surface area contributed by atoms with Crippen LogP contribution in [0.4, 0.5) is 0 Å². The Kier molecular flexibility index (Phi) is 2.49. The molecule has 1 aliphatic rings. The second-order valence-electron chi connectivity index (χ2n) is 2.66. The molecule has 1 rings (SSSR count). The van der Waals surface area contributed by atoms with Crippen LogP contribution in [0.15, 0.2) is 36.1 Å². The molecule has 1 aliphatic heterocycles. The van der Waals surface area contributed by atoms with E-state index in [9.17, 15) is 0 Å². The largest absolute Gasteiger partial charge is 0.311 e. The molecule has 0 aromatic rings. The van der Waals surface area contributed by atoms with Gasteiger partial charge < -0.3 is 5.01 Å². The summed E-state index contributed by atoms with van der Waals surface area (Å²) in [5, 5.41) is 1.75. The van der Waals surface area contributed by atoms with Crippen LogP contribution in [-0.4, -0.2) is 11.6 Å². The van der Waals surface area contributed by atoms with Crippen molar-refractivity contribution in [3.8, 4) is 0 Å². The Morgan fingerprint density at radius 1 is 1.82 bits per heavy atom. The monoisotopic (exact) mass is 150 g/mol. The van der Waals surface area contributed by atoms with Gasteiger partial charge in [0.1, 0.15) is 0 Å². The lowest BCUT2D eigenvalue weighted by Gasteiger charge is -2.23. The zero-order valence-corrected chi connectivity index (χ0v) is 6.88. The Morgan fingerprint density at radius 3 is 3.18 bits per heavy atom. The number of nitrogens with zero attached hydrogens (tertiary/aromatic N) is 1. The molecule has 0 aliphatic carbocycles. The molecule has 0 bridgehead atoms. The Morgan fingerprint density at radius 2 is 2.55 bits per heavy atom. The molecule has 1 heterocycles. The fourth-order valence-electron chi connectivity index (χ4n) is 1.12. The van der Waals surface area contributed by atoms with Crippen LogP contribution in [0.3, 0.4) is 0 Å². The lowest BCUT2D eigenvalue weighted by molar-refractivity contribution is 0.390. The highest BCUT2D eigenvalue weighted by Gasteiger charge is 2.06. The highest BCUT2D eigenvalue weighted by atomic mass is 15.4. The van der Waals surface area contributed by atoms with Crippen molar-refractivity contribution in [2.45, 2.75) is 13.3 Å². The third-order valence-electron chi connectivity index (χ3n) is 1.88. The van der Waals surface area contributed by atoms with Crippen molar-refractivity contribution in [1.82, 2.24) is 5.01 Å². The molecule has 2 nitrogen and oxygen atoms in total. The zero-order valence-electron chi connectivity index (χ0n) is 6.88. The van der Waals surface area contributed by atoms with Crippen LogP contribution in [0.25, 0.3) is 0 Å². The van der Waals surface area contributed by atoms with E-state index in [1.54, 1.807) is 5.01 Å². The Labute approximate surface area is 67.7 Å². The van der Waals surface area contributed by atoms with Gasteiger partial charge >= 0.3 is 0 Å². The van der Waals surface area contributed by atoms with Gasteiger partial charge in [-0.2, -0.15) is 0 Å². The molecule has 0 amide bonds. The molecule has 0 radical (unpaired) electrons. The summed E-state index contributed by atoms with van der Waals surface area (Å²) < 4.78 is 0. The van der Waals surface area contributed by atoms with Crippen LogP contribution in [0.2, 0.25) is 0 Å². The first-order valence-electron chi connectivity index (χ1n) is 3.75. The van der Waals surface area contributed by atoms with Crippen LogP contribution in [0, 0.1) is 0 Å². The van der Waals surface area contributed by atoms with Crippen molar-refractivity contribution < 1.29 is 0 Å². The van der Waals surface area contributed by atoms with E-state index < -0.39 is 0 Å². The van der Waals surface area contributed by atoms with Gasteiger partial charge in [0.05, 0.1) is 6.54 Å². The molecule has 0 fully saturated rings. The molecule has 0 aromatic carbocycles. The molecule has 2 heteroatoms. The maximum absolute atomic E-state index is 5.69. The normalized spacial score (nSPS) is 17.5. The Bertz CT molecular complexity index is 214. The molecule has 60 valence electrons. The van der Waals surface area contributed by atoms with Gasteiger partial charge in [0.2, 0.25) is 0 Å². The van der Waals surface area contributed by atoms with E-state index >= 15 is 0 Å². The maximum atomic E-state index is 5.69. The van der Waals surface area contributed by atoms with Gasteiger partial charge in [0.25, 0.3) is 0 Å². The average Bonchev–Trinajstić information content (AvgIpc) is 1.99. The van der Waals surface area contributed by atoms with Crippen LogP contribution in [0.1, 0.15) is 13.3 Å². The Hall–Kier alpha value is -1.02. The van der Waals surface area contributed by atoms with Crippen LogP contribution in [-0.2, 0) is 0 Å². The lowest BCUT2D eigenvalue weighted by Crippen LogP contribution is -2.31. The summed E-state index contributed by atoms with van der Waals surface area (Å²) in [4.78, 5) is 0. The van der Waals surface area contributed by atoms with Crippen molar-refractivity contribution >= 4 is 0 Å². The van der Waals surface area contributed by atoms with E-state index in [4.69, 9.17) is 5.84 Å². The predicted octanol–water partition coefficient (Wildman–Crippen LogP) is 1.58. The van der Waals surface area contributed by atoms with E-state index in [0.717, 1.165) is 18.7 Å². The summed E-state index contributed by atoms with van der Waals surface area (Å²) in [5.74, 6) is 5.69. The summed E-state index contributed by atoms with van der Waals surface area (Å²) >= 11 is 0. The first-order valence-corrected chi connectivity index (χ1v) is 3.75. The van der Waals surface area contributed by atoms with Crippen LogP contribution in [0.5, 0.6) is 0 Å². The number of hydrazine groups is 1. The smallest absolute Gasteiger partial charge is 0.0522 e. The second-order valence-corrected chi connectivity index (χ2v) is 2.66. The maximum Gasteiger partial charge on any atom is 0.0522 e. The molecule has 0 spiro atoms. The fraction of sp³-hybridized carbons (Fsp3) is 0.333. The summed E-state index contributed by atoms with van der Waals surface area (Å²) in [6.45, 7) is 6.53. The van der Waals surface area contributed by atoms with Crippen molar-refractivity contribution in [2.24, 2.45) is 5.84 Å². The first kappa shape index (κ1) is 8.08. The van der Waals surface area contributed by atoms with Crippen molar-refractivity contribution in [2.75, 3.05) is 6.54 Å². The number of rotatable bonds is 2. The minimum Gasteiger partial charge on any atom is -0.311 e. The average molecular weight is 150 g/mol. The van der Waals surface area contributed by atoms with Gasteiger partial charge in [-0.3, -0.25) is 0 Å². The summed E-state index contributed by atoms with van der Waals surface area (Å²) in [6, 6.07) is 0. The highest BCUT2D eigenvalue weighted by Crippen LogP contribution is 2.16. The van der Waals surface area contributed by atoms with Gasteiger partial charge in [0.15, 0.2) is 0 Å². The molecular weight excluding hydrogens is 136 g/mol. The van der Waals surface area contributed by atoms with Gasteiger partial charge in [-0.15, -0.1) is 6.58 Å². The van der Waals surface area contributed by atoms with Crippen molar-refractivity contribution in [1.29, 1.82) is 0 Å². The lowest BCUT2D eigenvalue weighted by atomic mass is 10.1. The van der Waals surface area contributed by atoms with Gasteiger partial charge in [0, 0.05) is 5.70 Å². The predicted molar refractivity (Wildman–Crippen MR) is 47.5 cm³/mol. The molecular formula is C9H14N2. The van der Waals surface area contributed by atoms with Gasteiger partial charge in [-0.25, -0.2) is 5.84 Å². The molecule has 0 saturated carbocycles. The minimum absolute atomic E-state index is 0.812. The summed E-state index contributed by atoms with van der Waals surface area (Å²) in [7, 11) is 0. The Balaban J connectivity index is 2.79. The van der Waals surface area contributed by atoms with E-state index in [-0.39, 0.29) is 0 Å². The fourth-order valence-corrected chi connectivity index (χ4v) is 1.12. The number of hydrogen-bond acceptors (Lipinski definition) is 2. The molecule has 0 unspecified atom stereocenters. The van der Waals surface area contributed by atoms with Gasteiger partial charge in [-0.1, -0.05) is 18.2 Å². The number of hydrogen-bond donors (Lipinski definition) is 1. The standard InChI is InChI=1S/C9H14N2/c1-3-5-9-6-4-7-11(10)8(9)2/h3-4,6H,1,5,7,10H2,2H3. The molecule has 0 atom stereocenters. The third kappa shape index (κ3) is 1.71. The SMILES string of the molecule is C=CCC1=C(C)N(N)CC=C1. The molecule has 11 heavy (non-hydrogen) atoms. The highest BCUT2D eigenvalue weighted by molar-refractivity contribution is 5.29. The number of allylic oxidation sites excluding steroid dienone is 4. The van der Waals surface area contributed by atoms with Crippen molar-refractivity contribution in [3.63, 3.8) is 0 Å². The van der Waals surface area contributed by atoms with E-state index in [0.29, 0.717) is 0 Å². The molecule has 2 N–H and O–H groups in total.